The largest absolute Gasteiger partial charge is 0.493 e. The van der Waals surface area contributed by atoms with E-state index in [0.29, 0.717) is 30.8 Å². The number of anilines is 1. The fourth-order valence-corrected chi connectivity index (χ4v) is 2.72. The molecule has 0 aliphatic carbocycles. The Hall–Kier alpha value is -1.79. The van der Waals surface area contributed by atoms with Crippen molar-refractivity contribution in [1.29, 1.82) is 0 Å². The van der Waals surface area contributed by atoms with E-state index < -0.39 is 0 Å². The van der Waals surface area contributed by atoms with E-state index in [1.807, 2.05) is 6.07 Å². The van der Waals surface area contributed by atoms with Crippen LogP contribution in [0.1, 0.15) is 19.8 Å². The number of carbonyl (C=O) groups excluding carboxylic acids is 1. The summed E-state index contributed by atoms with van der Waals surface area (Å²) in [5.74, 6) is 1.34. The second-order valence-electron chi connectivity index (χ2n) is 5.77. The number of rotatable bonds is 7. The van der Waals surface area contributed by atoms with E-state index in [1.165, 1.54) is 0 Å². The monoisotopic (exact) mass is 322 g/mol. The Balaban J connectivity index is 2.01. The number of benzene rings is 1. The molecule has 2 atom stereocenters. The summed E-state index contributed by atoms with van der Waals surface area (Å²) in [5, 5.41) is 6.34. The van der Waals surface area contributed by atoms with Gasteiger partial charge in [-0.2, -0.15) is 0 Å². The molecule has 0 radical (unpaired) electrons. The van der Waals surface area contributed by atoms with E-state index in [0.717, 1.165) is 25.1 Å². The van der Waals surface area contributed by atoms with Crippen LogP contribution in [0.4, 0.5) is 5.69 Å². The predicted molar refractivity (Wildman–Crippen MR) is 89.2 cm³/mol. The van der Waals surface area contributed by atoms with Crippen molar-refractivity contribution < 1.29 is 19.0 Å². The van der Waals surface area contributed by atoms with Crippen molar-refractivity contribution in [3.63, 3.8) is 0 Å². The van der Waals surface area contributed by atoms with Crippen LogP contribution in [0.3, 0.4) is 0 Å². The van der Waals surface area contributed by atoms with Gasteiger partial charge in [0.1, 0.15) is 6.61 Å². The lowest BCUT2D eigenvalue weighted by atomic mass is 9.92. The molecule has 0 bridgehead atoms. The van der Waals surface area contributed by atoms with Crippen LogP contribution in [-0.2, 0) is 9.53 Å². The second kappa shape index (κ2) is 8.74. The molecule has 2 N–H and O–H groups in total. The molecule has 6 heteroatoms. The molecule has 1 fully saturated rings. The Morgan fingerprint density at radius 1 is 1.30 bits per heavy atom. The van der Waals surface area contributed by atoms with Crippen LogP contribution in [0, 0.1) is 5.92 Å². The van der Waals surface area contributed by atoms with Gasteiger partial charge >= 0.3 is 0 Å². The molecule has 0 saturated carbocycles. The summed E-state index contributed by atoms with van der Waals surface area (Å²) in [7, 11) is 3.21. The van der Waals surface area contributed by atoms with Crippen molar-refractivity contribution in [2.24, 2.45) is 5.92 Å². The van der Waals surface area contributed by atoms with E-state index in [9.17, 15) is 4.79 Å². The van der Waals surface area contributed by atoms with Crippen molar-refractivity contribution in [3.8, 4) is 11.5 Å². The third-order valence-corrected chi connectivity index (χ3v) is 3.97. The summed E-state index contributed by atoms with van der Waals surface area (Å²) < 4.78 is 15.9. The van der Waals surface area contributed by atoms with E-state index in [2.05, 4.69) is 17.6 Å². The average molecular weight is 322 g/mol. The Labute approximate surface area is 137 Å². The SMILES string of the molecule is COCCOc1cc(NC(=O)[C@H]2CCN[C@@H](C)C2)ccc1OC. The normalized spacial score (nSPS) is 20.8. The van der Waals surface area contributed by atoms with Gasteiger partial charge in [-0.05, 0) is 38.4 Å². The van der Waals surface area contributed by atoms with Gasteiger partial charge in [0.05, 0.1) is 13.7 Å². The lowest BCUT2D eigenvalue weighted by Gasteiger charge is -2.27. The molecule has 1 aliphatic rings. The molecule has 1 aromatic carbocycles. The van der Waals surface area contributed by atoms with Crippen molar-refractivity contribution in [3.05, 3.63) is 18.2 Å². The highest BCUT2D eigenvalue weighted by atomic mass is 16.5. The van der Waals surface area contributed by atoms with E-state index in [4.69, 9.17) is 14.2 Å². The molecule has 128 valence electrons. The van der Waals surface area contributed by atoms with Crippen LogP contribution in [0.2, 0.25) is 0 Å². The minimum absolute atomic E-state index is 0.0474. The van der Waals surface area contributed by atoms with Crippen LogP contribution >= 0.6 is 0 Å². The van der Waals surface area contributed by atoms with E-state index in [1.54, 1.807) is 26.4 Å². The summed E-state index contributed by atoms with van der Waals surface area (Å²) in [6.07, 6.45) is 1.72. The van der Waals surface area contributed by atoms with Gasteiger partial charge in [0.15, 0.2) is 11.5 Å². The molecule has 1 aliphatic heterocycles. The first-order valence-electron chi connectivity index (χ1n) is 7.98. The average Bonchev–Trinajstić information content (AvgIpc) is 2.55. The maximum Gasteiger partial charge on any atom is 0.227 e. The van der Waals surface area contributed by atoms with Crippen molar-refractivity contribution in [2.45, 2.75) is 25.8 Å². The van der Waals surface area contributed by atoms with Gasteiger partial charge in [0.2, 0.25) is 5.91 Å². The smallest absolute Gasteiger partial charge is 0.227 e. The summed E-state index contributed by atoms with van der Waals surface area (Å²) >= 11 is 0. The summed E-state index contributed by atoms with van der Waals surface area (Å²) in [6.45, 7) is 3.91. The maximum atomic E-state index is 12.4. The second-order valence-corrected chi connectivity index (χ2v) is 5.77. The summed E-state index contributed by atoms with van der Waals surface area (Å²) in [5.41, 5.74) is 0.717. The van der Waals surface area contributed by atoms with Crippen LogP contribution in [0.5, 0.6) is 11.5 Å². The quantitative estimate of drug-likeness (QED) is 0.752. The van der Waals surface area contributed by atoms with Crippen LogP contribution < -0.4 is 20.1 Å². The van der Waals surface area contributed by atoms with Crippen LogP contribution in [0.15, 0.2) is 18.2 Å². The van der Waals surface area contributed by atoms with Gasteiger partial charge in [-0.1, -0.05) is 0 Å². The molecule has 23 heavy (non-hydrogen) atoms. The summed E-state index contributed by atoms with van der Waals surface area (Å²) in [4.78, 5) is 12.4. The highest BCUT2D eigenvalue weighted by Gasteiger charge is 2.24. The summed E-state index contributed by atoms with van der Waals surface area (Å²) in [6, 6.07) is 5.78. The van der Waals surface area contributed by atoms with Gasteiger partial charge < -0.3 is 24.8 Å². The topological polar surface area (TPSA) is 68.8 Å². The lowest BCUT2D eigenvalue weighted by Crippen LogP contribution is -2.40. The highest BCUT2D eigenvalue weighted by molar-refractivity contribution is 5.93. The molecule has 1 aromatic rings. The zero-order valence-corrected chi connectivity index (χ0v) is 14.1. The maximum absolute atomic E-state index is 12.4. The predicted octanol–water partition coefficient (Wildman–Crippen LogP) is 2.05. The first kappa shape index (κ1) is 17.6. The molecule has 0 spiro atoms. The number of amides is 1. The van der Waals surface area contributed by atoms with Gasteiger partial charge in [0, 0.05) is 30.8 Å². The fourth-order valence-electron chi connectivity index (χ4n) is 2.72. The standard InChI is InChI=1S/C17H26N2O4/c1-12-10-13(6-7-18-12)17(20)19-14-4-5-15(22-3)16(11-14)23-9-8-21-2/h4-5,11-13,18H,6-10H2,1-3H3,(H,19,20)/t12-,13-/m0/s1. The Kier molecular flexibility index (Phi) is 6.67. The van der Waals surface area contributed by atoms with Crippen LogP contribution in [-0.4, -0.2) is 45.9 Å². The van der Waals surface area contributed by atoms with Crippen LogP contribution in [0.25, 0.3) is 0 Å². The number of hydrogen-bond donors (Lipinski definition) is 2. The first-order chi connectivity index (χ1) is 11.1. The molecular weight excluding hydrogens is 296 g/mol. The van der Waals surface area contributed by atoms with Crippen molar-refractivity contribution in [1.82, 2.24) is 5.32 Å². The zero-order valence-electron chi connectivity index (χ0n) is 14.1. The van der Waals surface area contributed by atoms with Crippen molar-refractivity contribution in [2.75, 3.05) is 39.3 Å². The van der Waals surface area contributed by atoms with E-state index in [-0.39, 0.29) is 11.8 Å². The number of nitrogens with one attached hydrogen (secondary N) is 2. The number of hydrogen-bond acceptors (Lipinski definition) is 5. The molecule has 0 unspecified atom stereocenters. The number of piperidine rings is 1. The third-order valence-electron chi connectivity index (χ3n) is 3.97. The Morgan fingerprint density at radius 2 is 2.13 bits per heavy atom. The molecule has 0 aromatic heterocycles. The van der Waals surface area contributed by atoms with Gasteiger partial charge in [-0.25, -0.2) is 0 Å². The number of methoxy groups -OCH3 is 2. The molecule has 6 nitrogen and oxygen atoms in total. The minimum Gasteiger partial charge on any atom is -0.493 e. The Morgan fingerprint density at radius 3 is 2.83 bits per heavy atom. The highest BCUT2D eigenvalue weighted by Crippen LogP contribution is 2.30. The molecule has 2 rings (SSSR count). The molecular formula is C17H26N2O4. The fraction of sp³-hybridized carbons (Fsp3) is 0.588. The number of ether oxygens (including phenoxy) is 3. The van der Waals surface area contributed by atoms with Gasteiger partial charge in [-0.15, -0.1) is 0 Å². The lowest BCUT2D eigenvalue weighted by molar-refractivity contribution is -0.120. The zero-order chi connectivity index (χ0) is 16.7. The third kappa shape index (κ3) is 5.11. The van der Waals surface area contributed by atoms with Gasteiger partial charge in [0.25, 0.3) is 0 Å². The molecule has 1 amide bonds. The minimum atomic E-state index is 0.0474. The molecule has 1 saturated heterocycles. The van der Waals surface area contributed by atoms with Gasteiger partial charge in [-0.3, -0.25) is 4.79 Å². The first-order valence-corrected chi connectivity index (χ1v) is 7.98. The van der Waals surface area contributed by atoms with E-state index >= 15 is 0 Å². The Bertz CT molecular complexity index is 521. The number of carbonyl (C=O) groups is 1. The van der Waals surface area contributed by atoms with Crippen molar-refractivity contribution >= 4 is 11.6 Å². The molecule has 1 heterocycles.